The standard InChI is InChI=1S/C28H23FN2O4S/c1-4-35-18-9-7-8-17(14-18)25(32)22-24(19-10-5-6-11-20(19)29)31(27(34)26(22)33)28-30-23-16(3)12-15(2)13-21(23)36-28/h5-14,24,32H,4H2,1-3H3. The van der Waals surface area contributed by atoms with Crippen LogP contribution in [0.15, 0.2) is 66.2 Å². The Hall–Kier alpha value is -4.04. The highest BCUT2D eigenvalue weighted by Crippen LogP contribution is 2.45. The molecule has 1 amide bonds. The number of aliphatic hydroxyl groups excluding tert-OH is 1. The fourth-order valence-electron chi connectivity index (χ4n) is 4.54. The van der Waals surface area contributed by atoms with Crippen LogP contribution in [0.3, 0.4) is 0 Å². The van der Waals surface area contributed by atoms with Crippen LogP contribution in [0.2, 0.25) is 0 Å². The smallest absolute Gasteiger partial charge is 0.301 e. The number of thiazole rings is 1. The Bertz CT molecular complexity index is 1560. The lowest BCUT2D eigenvalue weighted by Gasteiger charge is -2.23. The molecule has 1 aliphatic rings. The first-order valence-corrected chi connectivity index (χ1v) is 12.3. The van der Waals surface area contributed by atoms with Crippen LogP contribution >= 0.6 is 11.3 Å². The zero-order valence-corrected chi connectivity index (χ0v) is 20.7. The van der Waals surface area contributed by atoms with Gasteiger partial charge in [0.05, 0.1) is 22.4 Å². The zero-order chi connectivity index (χ0) is 25.6. The second-order valence-electron chi connectivity index (χ2n) is 8.58. The van der Waals surface area contributed by atoms with Gasteiger partial charge in [-0.2, -0.15) is 0 Å². The Morgan fingerprint density at radius 2 is 1.89 bits per heavy atom. The SMILES string of the molecule is CCOc1cccc(C(O)=C2C(=O)C(=O)N(c3nc4c(C)cc(C)cc4s3)C2c2ccccc2F)c1. The van der Waals surface area contributed by atoms with Crippen LogP contribution in [0.5, 0.6) is 5.75 Å². The number of benzene rings is 3. The quantitative estimate of drug-likeness (QED) is 0.203. The lowest BCUT2D eigenvalue weighted by Crippen LogP contribution is -2.29. The summed E-state index contributed by atoms with van der Waals surface area (Å²) < 4.78 is 21.5. The number of aliphatic hydroxyl groups is 1. The normalized spacial score (nSPS) is 17.2. The average molecular weight is 503 g/mol. The van der Waals surface area contributed by atoms with Crippen LogP contribution in [-0.4, -0.2) is 28.4 Å². The number of nitrogens with zero attached hydrogens (tertiary/aromatic N) is 2. The minimum atomic E-state index is -1.19. The molecule has 0 aliphatic carbocycles. The van der Waals surface area contributed by atoms with Gasteiger partial charge in [0.25, 0.3) is 5.78 Å². The van der Waals surface area contributed by atoms with Crippen molar-refractivity contribution in [1.82, 2.24) is 4.98 Å². The van der Waals surface area contributed by atoms with Gasteiger partial charge in [0.1, 0.15) is 23.4 Å². The first-order chi connectivity index (χ1) is 17.3. The number of rotatable bonds is 5. The van der Waals surface area contributed by atoms with Gasteiger partial charge in [-0.3, -0.25) is 14.5 Å². The van der Waals surface area contributed by atoms with E-state index in [2.05, 4.69) is 4.98 Å². The van der Waals surface area contributed by atoms with Gasteiger partial charge in [-0.15, -0.1) is 0 Å². The van der Waals surface area contributed by atoms with E-state index in [1.165, 1.54) is 34.4 Å². The van der Waals surface area contributed by atoms with E-state index in [4.69, 9.17) is 4.74 Å². The van der Waals surface area contributed by atoms with Crippen molar-refractivity contribution in [2.45, 2.75) is 26.8 Å². The third-order valence-electron chi connectivity index (χ3n) is 6.09. The Morgan fingerprint density at radius 3 is 2.64 bits per heavy atom. The largest absolute Gasteiger partial charge is 0.507 e. The molecule has 1 saturated heterocycles. The van der Waals surface area contributed by atoms with E-state index in [-0.39, 0.29) is 21.8 Å². The number of halogens is 1. The molecule has 1 fully saturated rings. The van der Waals surface area contributed by atoms with Gasteiger partial charge in [-0.25, -0.2) is 9.37 Å². The zero-order valence-electron chi connectivity index (χ0n) is 19.9. The third kappa shape index (κ3) is 3.93. The summed E-state index contributed by atoms with van der Waals surface area (Å²) in [6.45, 7) is 6.14. The molecule has 4 aromatic rings. The van der Waals surface area contributed by atoms with E-state index in [0.29, 0.717) is 17.9 Å². The first-order valence-electron chi connectivity index (χ1n) is 11.5. The summed E-state index contributed by atoms with van der Waals surface area (Å²) in [4.78, 5) is 32.6. The van der Waals surface area contributed by atoms with Gasteiger partial charge in [0, 0.05) is 11.1 Å². The number of aromatic nitrogens is 1. The highest BCUT2D eigenvalue weighted by atomic mass is 32.1. The number of carbonyl (C=O) groups is 2. The van der Waals surface area contributed by atoms with Crippen molar-refractivity contribution in [2.75, 3.05) is 11.5 Å². The number of aryl methyl sites for hydroxylation is 2. The van der Waals surface area contributed by atoms with Crippen LogP contribution < -0.4 is 9.64 Å². The van der Waals surface area contributed by atoms with Gasteiger partial charge in [0.15, 0.2) is 5.13 Å². The summed E-state index contributed by atoms with van der Waals surface area (Å²) in [5.74, 6) is -2.29. The fourth-order valence-corrected chi connectivity index (χ4v) is 5.71. The lowest BCUT2D eigenvalue weighted by atomic mass is 9.95. The Morgan fingerprint density at radius 1 is 1.11 bits per heavy atom. The Balaban J connectivity index is 1.74. The van der Waals surface area contributed by atoms with Crippen molar-refractivity contribution in [3.63, 3.8) is 0 Å². The van der Waals surface area contributed by atoms with Crippen LogP contribution in [0.25, 0.3) is 16.0 Å². The van der Waals surface area contributed by atoms with Crippen molar-refractivity contribution < 1.29 is 23.8 Å². The molecular formula is C28H23FN2O4S. The maximum atomic E-state index is 15.1. The molecule has 1 aliphatic heterocycles. The summed E-state index contributed by atoms with van der Waals surface area (Å²) in [7, 11) is 0. The minimum Gasteiger partial charge on any atom is -0.507 e. The summed E-state index contributed by atoms with van der Waals surface area (Å²) in [6.07, 6.45) is 0. The van der Waals surface area contributed by atoms with Crippen molar-refractivity contribution >= 4 is 44.1 Å². The van der Waals surface area contributed by atoms with Crippen LogP contribution in [0, 0.1) is 19.7 Å². The van der Waals surface area contributed by atoms with Crippen molar-refractivity contribution in [2.24, 2.45) is 0 Å². The lowest BCUT2D eigenvalue weighted by molar-refractivity contribution is -0.132. The molecule has 1 unspecified atom stereocenters. The molecular weight excluding hydrogens is 479 g/mol. The highest BCUT2D eigenvalue weighted by molar-refractivity contribution is 7.22. The number of fused-ring (bicyclic) bond motifs is 1. The predicted molar refractivity (Wildman–Crippen MR) is 138 cm³/mol. The monoisotopic (exact) mass is 502 g/mol. The average Bonchev–Trinajstić information content (AvgIpc) is 3.38. The van der Waals surface area contributed by atoms with E-state index in [0.717, 1.165) is 15.8 Å². The second-order valence-corrected chi connectivity index (χ2v) is 9.59. The van der Waals surface area contributed by atoms with Crippen molar-refractivity contribution in [3.05, 3.63) is 94.3 Å². The number of ether oxygens (including phenoxy) is 1. The first kappa shape index (κ1) is 23.7. The molecule has 5 rings (SSSR count). The predicted octanol–water partition coefficient (Wildman–Crippen LogP) is 6.08. The molecule has 0 spiro atoms. The maximum Gasteiger partial charge on any atom is 0.301 e. The van der Waals surface area contributed by atoms with Crippen LogP contribution in [0.1, 0.15) is 35.2 Å². The van der Waals surface area contributed by atoms with E-state index in [1.807, 2.05) is 32.9 Å². The number of ketones is 1. The van der Waals surface area contributed by atoms with E-state index >= 15 is 4.39 Å². The van der Waals surface area contributed by atoms with Crippen molar-refractivity contribution in [1.29, 1.82) is 0 Å². The molecule has 3 aromatic carbocycles. The van der Waals surface area contributed by atoms with Crippen molar-refractivity contribution in [3.8, 4) is 5.75 Å². The second kappa shape index (κ2) is 9.20. The van der Waals surface area contributed by atoms with Gasteiger partial charge in [-0.05, 0) is 56.2 Å². The van der Waals surface area contributed by atoms with Gasteiger partial charge < -0.3 is 9.84 Å². The maximum absolute atomic E-state index is 15.1. The summed E-state index contributed by atoms with van der Waals surface area (Å²) in [5.41, 5.74) is 2.85. The molecule has 8 heteroatoms. The van der Waals surface area contributed by atoms with Gasteiger partial charge >= 0.3 is 5.91 Å². The van der Waals surface area contributed by atoms with E-state index in [1.54, 1.807) is 30.3 Å². The van der Waals surface area contributed by atoms with Gasteiger partial charge in [0.2, 0.25) is 0 Å². The summed E-state index contributed by atoms with van der Waals surface area (Å²) >= 11 is 1.25. The number of hydrogen-bond acceptors (Lipinski definition) is 6. The molecule has 0 saturated carbocycles. The van der Waals surface area contributed by atoms with Crippen LogP contribution in [-0.2, 0) is 9.59 Å². The number of carbonyl (C=O) groups excluding carboxylic acids is 2. The Kier molecular flexibility index (Phi) is 6.05. The van der Waals surface area contributed by atoms with Gasteiger partial charge in [-0.1, -0.05) is 47.7 Å². The Labute approximate surface area is 211 Å². The number of hydrogen-bond donors (Lipinski definition) is 1. The molecule has 0 radical (unpaired) electrons. The molecule has 2 heterocycles. The molecule has 182 valence electrons. The van der Waals surface area contributed by atoms with Crippen LogP contribution in [0.4, 0.5) is 9.52 Å². The van der Waals surface area contributed by atoms with E-state index < -0.39 is 29.3 Å². The topological polar surface area (TPSA) is 79.7 Å². The number of Topliss-reactive ketones (excluding diaryl/α,β-unsaturated/α-hetero) is 1. The minimum absolute atomic E-state index is 0.0892. The highest BCUT2D eigenvalue weighted by Gasteiger charge is 2.49. The molecule has 6 nitrogen and oxygen atoms in total. The number of anilines is 1. The van der Waals surface area contributed by atoms with E-state index in [9.17, 15) is 14.7 Å². The number of amides is 1. The third-order valence-corrected chi connectivity index (χ3v) is 7.09. The molecule has 1 atom stereocenters. The fraction of sp³-hybridized carbons (Fsp3) is 0.179. The molecule has 36 heavy (non-hydrogen) atoms. The summed E-state index contributed by atoms with van der Waals surface area (Å²) in [5, 5.41) is 11.6. The summed E-state index contributed by atoms with van der Waals surface area (Å²) in [6, 6.07) is 15.2. The molecule has 1 aromatic heterocycles. The molecule has 0 bridgehead atoms. The molecule has 1 N–H and O–H groups in total.